The fourth-order valence-corrected chi connectivity index (χ4v) is 1.56. The molecule has 0 spiro atoms. The SMILES string of the molecule is CC(NC1COC1)c1ccc(F)c(F)c1. The molecule has 1 aliphatic rings. The normalized spacial score (nSPS) is 18.6. The minimum Gasteiger partial charge on any atom is -0.378 e. The fourth-order valence-electron chi connectivity index (χ4n) is 1.56. The molecule has 15 heavy (non-hydrogen) atoms. The molecule has 1 heterocycles. The van der Waals surface area contributed by atoms with Crippen LogP contribution in [0.25, 0.3) is 0 Å². The zero-order valence-electron chi connectivity index (χ0n) is 8.47. The number of benzene rings is 1. The van der Waals surface area contributed by atoms with Gasteiger partial charge in [0.2, 0.25) is 0 Å². The third kappa shape index (κ3) is 2.33. The van der Waals surface area contributed by atoms with Crippen LogP contribution < -0.4 is 5.32 Å². The van der Waals surface area contributed by atoms with Crippen molar-refractivity contribution in [3.05, 3.63) is 35.4 Å². The summed E-state index contributed by atoms with van der Waals surface area (Å²) < 4.78 is 30.6. The minimum absolute atomic E-state index is 0.00833. The standard InChI is InChI=1S/C11H13F2NO/c1-7(14-9-5-15-6-9)8-2-3-10(12)11(13)4-8/h2-4,7,9,14H,5-6H2,1H3. The highest BCUT2D eigenvalue weighted by atomic mass is 19.2. The van der Waals surface area contributed by atoms with Crippen molar-refractivity contribution in [1.82, 2.24) is 5.32 Å². The van der Waals surface area contributed by atoms with Crippen LogP contribution >= 0.6 is 0 Å². The molecule has 0 saturated carbocycles. The van der Waals surface area contributed by atoms with Gasteiger partial charge in [-0.3, -0.25) is 0 Å². The summed E-state index contributed by atoms with van der Waals surface area (Å²) in [6.45, 7) is 3.30. The van der Waals surface area contributed by atoms with Crippen LogP contribution in [0.15, 0.2) is 18.2 Å². The number of hydrogen-bond donors (Lipinski definition) is 1. The Kier molecular flexibility index (Phi) is 2.98. The van der Waals surface area contributed by atoms with Gasteiger partial charge in [0.05, 0.1) is 19.3 Å². The summed E-state index contributed by atoms with van der Waals surface area (Å²) in [5, 5.41) is 3.27. The van der Waals surface area contributed by atoms with Gasteiger partial charge in [-0.2, -0.15) is 0 Å². The van der Waals surface area contributed by atoms with E-state index in [1.807, 2.05) is 6.92 Å². The third-order valence-electron chi connectivity index (χ3n) is 2.57. The van der Waals surface area contributed by atoms with Gasteiger partial charge in [0, 0.05) is 6.04 Å². The van der Waals surface area contributed by atoms with E-state index in [0.29, 0.717) is 19.3 Å². The van der Waals surface area contributed by atoms with E-state index >= 15 is 0 Å². The van der Waals surface area contributed by atoms with E-state index in [1.54, 1.807) is 6.07 Å². The Labute approximate surface area is 87.2 Å². The van der Waals surface area contributed by atoms with E-state index in [0.717, 1.165) is 11.6 Å². The maximum absolute atomic E-state index is 12.9. The highest BCUT2D eigenvalue weighted by Gasteiger charge is 2.20. The molecule has 4 heteroatoms. The van der Waals surface area contributed by atoms with Gasteiger partial charge < -0.3 is 10.1 Å². The smallest absolute Gasteiger partial charge is 0.159 e. The first-order valence-corrected chi connectivity index (χ1v) is 4.95. The van der Waals surface area contributed by atoms with Crippen molar-refractivity contribution in [3.63, 3.8) is 0 Å². The molecule has 0 aromatic heterocycles. The van der Waals surface area contributed by atoms with Crippen LogP contribution in [0.4, 0.5) is 8.78 Å². The predicted molar refractivity (Wildman–Crippen MR) is 52.5 cm³/mol. The van der Waals surface area contributed by atoms with Gasteiger partial charge in [-0.1, -0.05) is 6.07 Å². The molecule has 1 N–H and O–H groups in total. The summed E-state index contributed by atoms with van der Waals surface area (Å²) in [6.07, 6.45) is 0. The van der Waals surface area contributed by atoms with Crippen LogP contribution in [0.3, 0.4) is 0 Å². The lowest BCUT2D eigenvalue weighted by Crippen LogP contribution is -2.46. The summed E-state index contributed by atoms with van der Waals surface area (Å²) in [7, 11) is 0. The van der Waals surface area contributed by atoms with E-state index in [2.05, 4.69) is 5.32 Å². The molecule has 2 nitrogen and oxygen atoms in total. The summed E-state index contributed by atoms with van der Waals surface area (Å²) in [5.41, 5.74) is 0.751. The van der Waals surface area contributed by atoms with E-state index in [4.69, 9.17) is 4.74 Å². The summed E-state index contributed by atoms with van der Waals surface area (Å²) in [5.74, 6) is -1.61. The molecule has 0 amide bonds. The number of rotatable bonds is 3. The van der Waals surface area contributed by atoms with Crippen molar-refractivity contribution in [2.24, 2.45) is 0 Å². The largest absolute Gasteiger partial charge is 0.378 e. The Morgan fingerprint density at radius 2 is 2.07 bits per heavy atom. The van der Waals surface area contributed by atoms with Gasteiger partial charge >= 0.3 is 0 Å². The van der Waals surface area contributed by atoms with E-state index in [9.17, 15) is 8.78 Å². The van der Waals surface area contributed by atoms with Gasteiger partial charge in [-0.05, 0) is 24.6 Å². The van der Waals surface area contributed by atoms with Crippen LogP contribution in [0.5, 0.6) is 0 Å². The van der Waals surface area contributed by atoms with Gasteiger partial charge in [0.1, 0.15) is 0 Å². The first kappa shape index (κ1) is 10.5. The lowest BCUT2D eigenvalue weighted by molar-refractivity contribution is -0.00926. The first-order valence-electron chi connectivity index (χ1n) is 4.95. The van der Waals surface area contributed by atoms with Gasteiger partial charge in [-0.15, -0.1) is 0 Å². The number of hydrogen-bond acceptors (Lipinski definition) is 2. The average Bonchev–Trinajstić information content (AvgIpc) is 2.15. The molecule has 0 radical (unpaired) electrons. The van der Waals surface area contributed by atoms with Crippen molar-refractivity contribution in [2.45, 2.75) is 19.0 Å². The summed E-state index contributed by atoms with van der Waals surface area (Å²) >= 11 is 0. The maximum atomic E-state index is 12.9. The minimum atomic E-state index is -0.807. The molecule has 0 aliphatic carbocycles. The van der Waals surface area contributed by atoms with Crippen LogP contribution in [0.2, 0.25) is 0 Å². The molecule has 1 unspecified atom stereocenters. The predicted octanol–water partition coefficient (Wildman–Crippen LogP) is 2.01. The van der Waals surface area contributed by atoms with Crippen LogP contribution in [-0.2, 0) is 4.74 Å². The van der Waals surface area contributed by atoms with Crippen molar-refractivity contribution >= 4 is 0 Å². The Hall–Kier alpha value is -1.00. The average molecular weight is 213 g/mol. The van der Waals surface area contributed by atoms with Gasteiger partial charge in [0.25, 0.3) is 0 Å². The number of halogens is 2. The van der Waals surface area contributed by atoms with Crippen molar-refractivity contribution in [1.29, 1.82) is 0 Å². The quantitative estimate of drug-likeness (QED) is 0.829. The van der Waals surface area contributed by atoms with E-state index < -0.39 is 11.6 Å². The Balaban J connectivity index is 2.03. The molecule has 1 aromatic carbocycles. The van der Waals surface area contributed by atoms with Crippen molar-refractivity contribution < 1.29 is 13.5 Å². The van der Waals surface area contributed by atoms with Crippen LogP contribution in [0.1, 0.15) is 18.5 Å². The van der Waals surface area contributed by atoms with Gasteiger partial charge in [0.15, 0.2) is 11.6 Å². The molecule has 82 valence electrons. The topological polar surface area (TPSA) is 21.3 Å². The van der Waals surface area contributed by atoms with Crippen molar-refractivity contribution in [3.8, 4) is 0 Å². The maximum Gasteiger partial charge on any atom is 0.159 e. The molecular weight excluding hydrogens is 200 g/mol. The Morgan fingerprint density at radius 1 is 1.33 bits per heavy atom. The highest BCUT2D eigenvalue weighted by Crippen LogP contribution is 2.17. The molecule has 0 bridgehead atoms. The Bertz CT molecular complexity index is 352. The molecule has 1 saturated heterocycles. The number of nitrogens with one attached hydrogen (secondary N) is 1. The Morgan fingerprint density at radius 3 is 2.60 bits per heavy atom. The summed E-state index contributed by atoms with van der Waals surface area (Å²) in [4.78, 5) is 0. The van der Waals surface area contributed by atoms with E-state index in [1.165, 1.54) is 6.07 Å². The zero-order chi connectivity index (χ0) is 10.8. The van der Waals surface area contributed by atoms with E-state index in [-0.39, 0.29) is 6.04 Å². The molecule has 2 rings (SSSR count). The van der Waals surface area contributed by atoms with Crippen molar-refractivity contribution in [2.75, 3.05) is 13.2 Å². The second kappa shape index (κ2) is 4.24. The third-order valence-corrected chi connectivity index (χ3v) is 2.57. The lowest BCUT2D eigenvalue weighted by atomic mass is 10.1. The monoisotopic (exact) mass is 213 g/mol. The van der Waals surface area contributed by atoms with Gasteiger partial charge in [-0.25, -0.2) is 8.78 Å². The molecule has 1 aliphatic heterocycles. The van der Waals surface area contributed by atoms with Crippen LogP contribution in [0, 0.1) is 11.6 Å². The second-order valence-corrected chi connectivity index (χ2v) is 3.80. The fraction of sp³-hybridized carbons (Fsp3) is 0.455. The molecule has 1 aromatic rings. The zero-order valence-corrected chi connectivity index (χ0v) is 8.47. The molecule has 1 fully saturated rings. The molecular formula is C11H13F2NO. The summed E-state index contributed by atoms with van der Waals surface area (Å²) in [6, 6.07) is 4.31. The second-order valence-electron chi connectivity index (χ2n) is 3.80. The lowest BCUT2D eigenvalue weighted by Gasteiger charge is -2.30. The molecule has 1 atom stereocenters. The highest BCUT2D eigenvalue weighted by molar-refractivity contribution is 5.20. The first-order chi connectivity index (χ1) is 7.16. The van der Waals surface area contributed by atoms with Crippen LogP contribution in [-0.4, -0.2) is 19.3 Å². The number of ether oxygens (including phenoxy) is 1.